The maximum absolute atomic E-state index is 12.1. The van der Waals surface area contributed by atoms with Crippen molar-refractivity contribution in [1.29, 1.82) is 0 Å². The number of piperazine rings is 1. The van der Waals surface area contributed by atoms with Crippen LogP contribution in [0.5, 0.6) is 0 Å². The standard InChI is InChI=1S/C11H13N7O/c19-11(9-7-14-16-15-9)18-5-3-17(4-6-18)10-8-12-1-2-13-10/h1-2,7-8H,3-6H2,(H,14,15,16). The summed E-state index contributed by atoms with van der Waals surface area (Å²) in [6.45, 7) is 2.76. The summed E-state index contributed by atoms with van der Waals surface area (Å²) in [6, 6.07) is 0. The van der Waals surface area contributed by atoms with Crippen molar-refractivity contribution in [2.45, 2.75) is 0 Å². The number of carbonyl (C=O) groups excluding carboxylic acids is 1. The number of anilines is 1. The van der Waals surface area contributed by atoms with E-state index in [1.54, 1.807) is 23.5 Å². The van der Waals surface area contributed by atoms with Crippen molar-refractivity contribution >= 4 is 11.7 Å². The average Bonchev–Trinajstić information content (AvgIpc) is 3.02. The van der Waals surface area contributed by atoms with E-state index < -0.39 is 0 Å². The Bertz CT molecular complexity index is 533. The molecule has 0 unspecified atom stereocenters. The van der Waals surface area contributed by atoms with Gasteiger partial charge in [-0.3, -0.25) is 9.78 Å². The number of aromatic nitrogens is 5. The summed E-state index contributed by atoms with van der Waals surface area (Å²) >= 11 is 0. The molecule has 0 spiro atoms. The van der Waals surface area contributed by atoms with E-state index in [4.69, 9.17) is 0 Å². The molecule has 3 heterocycles. The molecule has 2 aromatic heterocycles. The van der Waals surface area contributed by atoms with Crippen LogP contribution in [-0.4, -0.2) is 62.4 Å². The van der Waals surface area contributed by atoms with E-state index in [0.29, 0.717) is 18.8 Å². The summed E-state index contributed by atoms with van der Waals surface area (Å²) in [7, 11) is 0. The highest BCUT2D eigenvalue weighted by Crippen LogP contribution is 2.12. The Labute approximate surface area is 109 Å². The van der Waals surface area contributed by atoms with E-state index in [2.05, 4.69) is 30.3 Å². The van der Waals surface area contributed by atoms with Crippen LogP contribution in [0.2, 0.25) is 0 Å². The van der Waals surface area contributed by atoms with Crippen LogP contribution in [0.1, 0.15) is 10.5 Å². The topological polar surface area (TPSA) is 90.9 Å². The normalized spacial score (nSPS) is 15.6. The monoisotopic (exact) mass is 259 g/mol. The van der Waals surface area contributed by atoms with Gasteiger partial charge in [0.2, 0.25) is 0 Å². The van der Waals surface area contributed by atoms with Crippen LogP contribution in [0.4, 0.5) is 5.82 Å². The van der Waals surface area contributed by atoms with Crippen molar-refractivity contribution in [2.24, 2.45) is 0 Å². The number of carbonyl (C=O) groups is 1. The predicted octanol–water partition coefficient (Wildman–Crippen LogP) is -0.443. The number of H-pyrrole nitrogens is 1. The lowest BCUT2D eigenvalue weighted by atomic mass is 10.3. The van der Waals surface area contributed by atoms with E-state index in [0.717, 1.165) is 18.9 Å². The molecule has 1 amide bonds. The fraction of sp³-hybridized carbons (Fsp3) is 0.364. The Morgan fingerprint density at radius 1 is 1.16 bits per heavy atom. The van der Waals surface area contributed by atoms with Gasteiger partial charge in [-0.15, -0.1) is 0 Å². The smallest absolute Gasteiger partial charge is 0.276 e. The molecule has 1 aliphatic heterocycles. The largest absolute Gasteiger partial charge is 0.352 e. The van der Waals surface area contributed by atoms with Crippen molar-refractivity contribution in [3.63, 3.8) is 0 Å². The first-order valence-corrected chi connectivity index (χ1v) is 6.00. The van der Waals surface area contributed by atoms with E-state index in [1.807, 2.05) is 0 Å². The molecule has 8 nitrogen and oxygen atoms in total. The van der Waals surface area contributed by atoms with Crippen LogP contribution in [0.25, 0.3) is 0 Å². The molecule has 0 aromatic carbocycles. The lowest BCUT2D eigenvalue weighted by Crippen LogP contribution is -2.49. The van der Waals surface area contributed by atoms with E-state index in [-0.39, 0.29) is 5.91 Å². The van der Waals surface area contributed by atoms with Gasteiger partial charge in [0.25, 0.3) is 5.91 Å². The maximum Gasteiger partial charge on any atom is 0.276 e. The summed E-state index contributed by atoms with van der Waals surface area (Å²) in [5.41, 5.74) is 0.355. The molecule has 1 saturated heterocycles. The van der Waals surface area contributed by atoms with E-state index in [1.165, 1.54) is 6.20 Å². The second-order valence-corrected chi connectivity index (χ2v) is 4.20. The zero-order valence-corrected chi connectivity index (χ0v) is 10.2. The molecule has 98 valence electrons. The maximum atomic E-state index is 12.1. The molecule has 1 aliphatic rings. The molecule has 8 heteroatoms. The van der Waals surface area contributed by atoms with Gasteiger partial charge in [-0.05, 0) is 0 Å². The van der Waals surface area contributed by atoms with Gasteiger partial charge < -0.3 is 9.80 Å². The number of nitrogens with zero attached hydrogens (tertiary/aromatic N) is 6. The fourth-order valence-electron chi connectivity index (χ4n) is 2.06. The molecular weight excluding hydrogens is 246 g/mol. The average molecular weight is 259 g/mol. The first kappa shape index (κ1) is 11.6. The molecule has 0 atom stereocenters. The van der Waals surface area contributed by atoms with Crippen molar-refractivity contribution in [3.8, 4) is 0 Å². The van der Waals surface area contributed by atoms with Gasteiger partial charge in [-0.25, -0.2) is 4.98 Å². The number of hydrogen-bond acceptors (Lipinski definition) is 6. The summed E-state index contributed by atoms with van der Waals surface area (Å²) < 4.78 is 0. The van der Waals surface area contributed by atoms with Crippen molar-refractivity contribution < 1.29 is 4.79 Å². The van der Waals surface area contributed by atoms with Crippen molar-refractivity contribution in [2.75, 3.05) is 31.1 Å². The number of nitrogens with one attached hydrogen (secondary N) is 1. The molecule has 19 heavy (non-hydrogen) atoms. The third-order valence-electron chi connectivity index (χ3n) is 3.07. The highest BCUT2D eigenvalue weighted by atomic mass is 16.2. The molecule has 3 rings (SSSR count). The summed E-state index contributed by atoms with van der Waals surface area (Å²) in [5.74, 6) is 0.753. The third kappa shape index (κ3) is 2.37. The van der Waals surface area contributed by atoms with Crippen LogP contribution in [0, 0.1) is 0 Å². The van der Waals surface area contributed by atoms with Crippen molar-refractivity contribution in [3.05, 3.63) is 30.5 Å². The van der Waals surface area contributed by atoms with Gasteiger partial charge in [-0.1, -0.05) is 0 Å². The Hall–Kier alpha value is -2.51. The Morgan fingerprint density at radius 3 is 2.63 bits per heavy atom. The van der Waals surface area contributed by atoms with Crippen molar-refractivity contribution in [1.82, 2.24) is 30.3 Å². The van der Waals surface area contributed by atoms with Gasteiger partial charge in [-0.2, -0.15) is 15.4 Å². The predicted molar refractivity (Wildman–Crippen MR) is 66.5 cm³/mol. The van der Waals surface area contributed by atoms with E-state index >= 15 is 0 Å². The van der Waals surface area contributed by atoms with Gasteiger partial charge in [0, 0.05) is 38.6 Å². The number of hydrogen-bond donors (Lipinski definition) is 1. The molecule has 0 saturated carbocycles. The Kier molecular flexibility index (Phi) is 3.05. The minimum atomic E-state index is -0.0902. The zero-order valence-electron chi connectivity index (χ0n) is 10.2. The minimum absolute atomic E-state index is 0.0902. The molecule has 1 N–H and O–H groups in total. The Morgan fingerprint density at radius 2 is 2.00 bits per heavy atom. The van der Waals surface area contributed by atoms with Crippen LogP contribution >= 0.6 is 0 Å². The number of rotatable bonds is 2. The summed E-state index contributed by atoms with van der Waals surface area (Å²) in [6.07, 6.45) is 6.49. The number of amides is 1. The molecule has 0 aliphatic carbocycles. The zero-order chi connectivity index (χ0) is 13.1. The van der Waals surface area contributed by atoms with Crippen LogP contribution in [0.15, 0.2) is 24.8 Å². The molecule has 0 bridgehead atoms. The highest BCUT2D eigenvalue weighted by Gasteiger charge is 2.24. The van der Waals surface area contributed by atoms with E-state index in [9.17, 15) is 4.79 Å². The third-order valence-corrected chi connectivity index (χ3v) is 3.07. The van der Waals surface area contributed by atoms with Gasteiger partial charge in [0.1, 0.15) is 5.82 Å². The van der Waals surface area contributed by atoms with Gasteiger partial charge in [0.15, 0.2) is 5.69 Å². The summed E-state index contributed by atoms with van der Waals surface area (Å²) in [5, 5.41) is 9.90. The quantitative estimate of drug-likeness (QED) is 0.786. The summed E-state index contributed by atoms with van der Waals surface area (Å²) in [4.78, 5) is 24.2. The molecule has 0 radical (unpaired) electrons. The fourth-order valence-corrected chi connectivity index (χ4v) is 2.06. The lowest BCUT2D eigenvalue weighted by molar-refractivity contribution is 0.0740. The highest BCUT2D eigenvalue weighted by molar-refractivity contribution is 5.92. The molecule has 1 fully saturated rings. The first-order chi connectivity index (χ1) is 9.34. The molecule has 2 aromatic rings. The number of aromatic amines is 1. The first-order valence-electron chi connectivity index (χ1n) is 6.00. The van der Waals surface area contributed by atoms with Gasteiger partial charge in [0.05, 0.1) is 12.4 Å². The second-order valence-electron chi connectivity index (χ2n) is 4.20. The van der Waals surface area contributed by atoms with Crippen LogP contribution in [0.3, 0.4) is 0 Å². The second kappa shape index (κ2) is 5.01. The minimum Gasteiger partial charge on any atom is -0.352 e. The Balaban J connectivity index is 1.62. The lowest BCUT2D eigenvalue weighted by Gasteiger charge is -2.34. The molecular formula is C11H13N7O. The van der Waals surface area contributed by atoms with Crippen LogP contribution < -0.4 is 4.90 Å². The SMILES string of the molecule is O=C(c1cn[nH]n1)N1CCN(c2cnccn2)CC1. The van der Waals surface area contributed by atoms with Gasteiger partial charge >= 0.3 is 0 Å². The van der Waals surface area contributed by atoms with Crippen LogP contribution in [-0.2, 0) is 0 Å².